The minimum atomic E-state index is -4.94. The summed E-state index contributed by atoms with van der Waals surface area (Å²) in [6.07, 6.45) is 6.43. The predicted octanol–water partition coefficient (Wildman–Crippen LogP) is -1.22. The van der Waals surface area contributed by atoms with Crippen LogP contribution in [0, 0.1) is 15.5 Å². The first-order valence-corrected chi connectivity index (χ1v) is 9.69. The van der Waals surface area contributed by atoms with Crippen molar-refractivity contribution in [3.63, 3.8) is 0 Å². The molecule has 0 amide bonds. The van der Waals surface area contributed by atoms with E-state index in [-0.39, 0.29) is 0 Å². The highest BCUT2D eigenvalue weighted by Gasteiger charge is 2.68. The molecule has 5 nitrogen and oxygen atoms in total. The lowest BCUT2D eigenvalue weighted by Crippen LogP contribution is -2.68. The van der Waals surface area contributed by atoms with Crippen LogP contribution in [0.2, 0.25) is 0 Å². The lowest BCUT2D eigenvalue weighted by molar-refractivity contribution is -2.00. The van der Waals surface area contributed by atoms with E-state index in [0.717, 1.165) is 6.04 Å². The van der Waals surface area contributed by atoms with E-state index in [1.807, 2.05) is 11.8 Å². The van der Waals surface area contributed by atoms with Crippen molar-refractivity contribution in [2.24, 2.45) is 0 Å². The number of rotatable bonds is 3. The molecule has 1 aliphatic carbocycles. The van der Waals surface area contributed by atoms with Crippen molar-refractivity contribution in [2.75, 3.05) is 19.3 Å². The van der Waals surface area contributed by atoms with Gasteiger partial charge in [-0.05, 0) is 12.8 Å². The second-order valence-electron chi connectivity index (χ2n) is 5.41. The van der Waals surface area contributed by atoms with E-state index < -0.39 is 10.2 Å². The van der Waals surface area contributed by atoms with Crippen molar-refractivity contribution in [3.8, 4) is 0 Å². The lowest BCUT2D eigenvalue weighted by Gasteiger charge is -2.22. The number of piperidine rings is 1. The van der Waals surface area contributed by atoms with Gasteiger partial charge < -0.3 is 0 Å². The molecular weight excluding hydrogens is 326 g/mol. The summed E-state index contributed by atoms with van der Waals surface area (Å²) in [6, 6.07) is 11.7. The molecule has 0 spiro atoms. The summed E-state index contributed by atoms with van der Waals surface area (Å²) in [4.78, 5) is 2.70. The average molecular weight is 346 g/mol. The topological polar surface area (TPSA) is 95.5 Å². The van der Waals surface area contributed by atoms with Crippen LogP contribution in [0.25, 0.3) is 0 Å². The number of hydrogen-bond acceptors (Lipinski definition) is 6. The van der Waals surface area contributed by atoms with Gasteiger partial charge in [-0.25, -0.2) is 18.6 Å². The van der Waals surface area contributed by atoms with Crippen molar-refractivity contribution in [3.05, 3.63) is 41.1 Å². The maximum atomic E-state index is 8.49. The van der Waals surface area contributed by atoms with Crippen molar-refractivity contribution in [1.82, 2.24) is 4.90 Å². The van der Waals surface area contributed by atoms with Gasteiger partial charge >= 0.3 is 0 Å². The molecule has 7 heteroatoms. The van der Waals surface area contributed by atoms with Gasteiger partial charge in [-0.2, -0.15) is 0 Å². The monoisotopic (exact) mass is 345 g/mol. The molecule has 2 fully saturated rings. The number of thioether (sulfide) groups is 1. The zero-order chi connectivity index (χ0) is 16.2. The van der Waals surface area contributed by atoms with Crippen LogP contribution in [0.15, 0.2) is 30.3 Å². The first-order valence-electron chi connectivity index (χ1n) is 7.23. The van der Waals surface area contributed by atoms with E-state index in [4.69, 9.17) is 18.6 Å². The van der Waals surface area contributed by atoms with Crippen LogP contribution in [-0.2, 0) is 0 Å². The fourth-order valence-corrected chi connectivity index (χ4v) is 4.05. The van der Waals surface area contributed by atoms with Crippen molar-refractivity contribution >= 4 is 11.8 Å². The molecule has 0 aromatic heterocycles. The summed E-state index contributed by atoms with van der Waals surface area (Å²) in [5.41, 5.74) is 1.51. The van der Waals surface area contributed by atoms with Crippen LogP contribution in [0.1, 0.15) is 30.7 Å². The number of likely N-dealkylation sites (tertiary alicyclic amines) is 1. The Morgan fingerprint density at radius 1 is 1.05 bits per heavy atom. The van der Waals surface area contributed by atoms with Crippen molar-refractivity contribution in [2.45, 2.75) is 31.2 Å². The third-order valence-corrected chi connectivity index (χ3v) is 4.95. The van der Waals surface area contributed by atoms with Gasteiger partial charge in [0.05, 0.1) is 11.8 Å². The smallest absolute Gasteiger partial charge is 0.216 e. The predicted molar refractivity (Wildman–Crippen MR) is 75.2 cm³/mol. The van der Waals surface area contributed by atoms with Gasteiger partial charge in [0.1, 0.15) is 0 Å². The standard InChI is InChI=1S/C15H20NS.ClHO4/c1-17-15-13(12-8-4-2-5-9-12)14(15)16-10-6-3-7-11-16;2-1(3,4)5/h2,4-5,8-9,13-14H,3,6-7,10-11H2,1H3;(H,2,3,4,5)/q+1;/p-1. The third-order valence-electron chi connectivity index (χ3n) is 3.98. The highest BCUT2D eigenvalue weighted by atomic mass is 35.7. The summed E-state index contributed by atoms with van der Waals surface area (Å²) in [6.45, 7) is 2.61. The van der Waals surface area contributed by atoms with Gasteiger partial charge in [-0.3, -0.25) is 4.90 Å². The summed E-state index contributed by atoms with van der Waals surface area (Å²) < 4.78 is 34.0. The van der Waals surface area contributed by atoms with Gasteiger partial charge in [-0.15, -0.1) is 10.2 Å². The Labute approximate surface area is 137 Å². The molecule has 1 heterocycles. The first kappa shape index (κ1) is 17.9. The average Bonchev–Trinajstić information content (AvgIpc) is 3.22. The molecule has 1 saturated heterocycles. The van der Waals surface area contributed by atoms with E-state index in [0.29, 0.717) is 5.92 Å². The largest absolute Gasteiger partial charge is 0.257 e. The molecule has 1 aliphatic heterocycles. The molecule has 0 bridgehead atoms. The summed E-state index contributed by atoms with van der Waals surface area (Å²) in [5, 5.41) is 1.68. The van der Waals surface area contributed by atoms with Crippen LogP contribution in [0.3, 0.4) is 0 Å². The van der Waals surface area contributed by atoms with Crippen molar-refractivity contribution in [1.29, 1.82) is 0 Å². The molecular formula is C15H20ClNO4S. The highest BCUT2D eigenvalue weighted by molar-refractivity contribution is 8.01. The van der Waals surface area contributed by atoms with E-state index in [9.17, 15) is 0 Å². The van der Waals surface area contributed by atoms with E-state index in [1.54, 1.807) is 5.25 Å². The summed E-state index contributed by atoms with van der Waals surface area (Å²) in [5.74, 6) is 0.698. The van der Waals surface area contributed by atoms with E-state index in [2.05, 4.69) is 41.5 Å². The minimum absolute atomic E-state index is 0.698. The third kappa shape index (κ3) is 5.31. The number of halogens is 1. The quantitative estimate of drug-likeness (QED) is 0.637. The molecule has 2 aliphatic rings. The van der Waals surface area contributed by atoms with Crippen LogP contribution >= 0.6 is 11.8 Å². The Kier molecular flexibility index (Phi) is 6.40. The fraction of sp³-hybridized carbons (Fsp3) is 0.533. The Hall–Kier alpha value is -0.470. The van der Waals surface area contributed by atoms with Crippen LogP contribution < -0.4 is 18.6 Å². The van der Waals surface area contributed by atoms with Crippen molar-refractivity contribution < 1.29 is 28.9 Å². The molecule has 1 saturated carbocycles. The normalized spacial score (nSPS) is 25.4. The maximum Gasteiger partial charge on any atom is 0.216 e. The van der Waals surface area contributed by atoms with Crippen LogP contribution in [0.4, 0.5) is 0 Å². The molecule has 22 heavy (non-hydrogen) atoms. The zero-order valence-corrected chi connectivity index (χ0v) is 14.0. The molecule has 2 atom stereocenters. The molecule has 1 aromatic carbocycles. The first-order chi connectivity index (χ1) is 10.4. The second-order valence-corrected chi connectivity index (χ2v) is 7.05. The molecule has 3 rings (SSSR count). The molecule has 2 unspecified atom stereocenters. The number of hydrogen-bond donors (Lipinski definition) is 0. The Balaban J connectivity index is 0.000000309. The SMILES string of the molecule is CS[C+]1C(c2ccccc2)C1N1CCCCC1.[O-][Cl+3]([O-])([O-])[O-]. The molecule has 122 valence electrons. The summed E-state index contributed by atoms with van der Waals surface area (Å²) in [7, 11) is -4.94. The highest BCUT2D eigenvalue weighted by Crippen LogP contribution is 2.58. The zero-order valence-electron chi connectivity index (χ0n) is 12.4. The van der Waals surface area contributed by atoms with Gasteiger partial charge in [0.15, 0.2) is 11.2 Å². The Morgan fingerprint density at radius 2 is 1.59 bits per heavy atom. The minimum Gasteiger partial charge on any atom is -0.257 e. The molecule has 0 N–H and O–H groups in total. The fourth-order valence-electron chi connectivity index (χ4n) is 3.07. The number of nitrogens with zero attached hydrogens (tertiary/aromatic N) is 1. The lowest BCUT2D eigenvalue weighted by atomic mass is 10.1. The van der Waals surface area contributed by atoms with Gasteiger partial charge in [-0.1, -0.05) is 36.8 Å². The van der Waals surface area contributed by atoms with Gasteiger partial charge in [0.2, 0.25) is 6.04 Å². The summed E-state index contributed by atoms with van der Waals surface area (Å²) >= 11 is 1.97. The van der Waals surface area contributed by atoms with Crippen LogP contribution in [-0.4, -0.2) is 30.3 Å². The number of benzene rings is 1. The van der Waals surface area contributed by atoms with E-state index >= 15 is 0 Å². The maximum absolute atomic E-state index is 8.49. The second kappa shape index (κ2) is 7.88. The Morgan fingerprint density at radius 3 is 2.09 bits per heavy atom. The van der Waals surface area contributed by atoms with E-state index in [1.165, 1.54) is 37.9 Å². The molecule has 1 aromatic rings. The van der Waals surface area contributed by atoms with Crippen LogP contribution in [0.5, 0.6) is 0 Å². The van der Waals surface area contributed by atoms with Gasteiger partial charge in [0, 0.05) is 24.9 Å². The molecule has 0 radical (unpaired) electrons. The van der Waals surface area contributed by atoms with Gasteiger partial charge in [0.25, 0.3) is 0 Å². The Bertz CT molecular complexity index is 445.